The van der Waals surface area contributed by atoms with Crippen LogP contribution in [-0.4, -0.2) is 24.4 Å². The Hall–Kier alpha value is -1.26. The van der Waals surface area contributed by atoms with Crippen molar-refractivity contribution in [3.8, 4) is 12.3 Å². The lowest BCUT2D eigenvalue weighted by atomic mass is 10.1. The lowest BCUT2D eigenvalue weighted by Crippen LogP contribution is -2.31. The van der Waals surface area contributed by atoms with Crippen LogP contribution in [0.5, 0.6) is 0 Å². The van der Waals surface area contributed by atoms with Gasteiger partial charge in [-0.2, -0.15) is 0 Å². The molecular formula is C13H17N. The van der Waals surface area contributed by atoms with Gasteiger partial charge < -0.3 is 0 Å². The molecule has 0 aliphatic heterocycles. The Balaban J connectivity index is 3.38. The second kappa shape index (κ2) is 5.47. The maximum Gasteiger partial charge on any atom is 0.0626 e. The fraction of sp³-hybridized carbons (Fsp3) is 0.385. The minimum Gasteiger partial charge on any atom is -0.292 e. The van der Waals surface area contributed by atoms with Crippen molar-refractivity contribution in [1.29, 1.82) is 0 Å². The van der Waals surface area contributed by atoms with Crippen molar-refractivity contribution < 1.29 is 13.7 Å². The Bertz CT molecular complexity index is 644. The summed E-state index contributed by atoms with van der Waals surface area (Å²) in [5.41, 5.74) is -0.0874. The van der Waals surface area contributed by atoms with Crippen molar-refractivity contribution in [2.24, 2.45) is 0 Å². The summed E-state index contributed by atoms with van der Waals surface area (Å²) in [5, 5.41) is 0. The number of hydrogen-bond donors (Lipinski definition) is 0. The number of benzene rings is 1. The Morgan fingerprint density at radius 2 is 2.36 bits per heavy atom. The van der Waals surface area contributed by atoms with Crippen LogP contribution < -0.4 is 0 Å². The Morgan fingerprint density at radius 3 is 2.93 bits per heavy atom. The number of terminal acetylenes is 1. The van der Waals surface area contributed by atoms with Crippen LogP contribution in [0.25, 0.3) is 0 Å². The molecule has 0 bridgehead atoms. The van der Waals surface area contributed by atoms with Crippen molar-refractivity contribution in [2.45, 2.75) is 19.4 Å². The number of hydrogen-bond acceptors (Lipinski definition) is 1. The minimum absolute atomic E-state index is 0.0874. The molecule has 0 aromatic heterocycles. The van der Waals surface area contributed by atoms with Gasteiger partial charge in [-0.3, -0.25) is 4.90 Å². The topological polar surface area (TPSA) is 3.24 Å². The molecular weight excluding hydrogens is 170 g/mol. The van der Waals surface area contributed by atoms with E-state index in [4.69, 9.17) is 20.1 Å². The molecule has 0 aliphatic carbocycles. The van der Waals surface area contributed by atoms with E-state index in [1.54, 1.807) is 5.92 Å². The van der Waals surface area contributed by atoms with E-state index < -0.39 is 49.7 Å². The summed E-state index contributed by atoms with van der Waals surface area (Å²) in [7, 11) is 0. The van der Waals surface area contributed by atoms with Crippen LogP contribution in [0.3, 0.4) is 0 Å². The van der Waals surface area contributed by atoms with E-state index in [1.165, 1.54) is 6.92 Å². The highest BCUT2D eigenvalue weighted by Crippen LogP contribution is 2.06. The molecule has 0 radical (unpaired) electrons. The van der Waals surface area contributed by atoms with Crippen molar-refractivity contribution in [3.05, 3.63) is 35.8 Å². The standard InChI is InChI=1S/C13H17N/c1-4-10-14(3)12(2)11-13-8-6-5-7-9-13/h1,5-9,12H,10-11H2,2-3H3/t12-/m1/s1/i3D3,5D,6D,7D,8D,9D,10D2. The number of likely N-dealkylation sites (N-methyl/N-ethyl adjacent to an activating group) is 1. The van der Waals surface area contributed by atoms with E-state index in [2.05, 4.69) is 0 Å². The highest BCUT2D eigenvalue weighted by molar-refractivity contribution is 5.15. The zero-order valence-corrected chi connectivity index (χ0v) is 7.81. The van der Waals surface area contributed by atoms with Gasteiger partial charge in [0.1, 0.15) is 0 Å². The molecule has 0 N–H and O–H groups in total. The maximum absolute atomic E-state index is 7.86. The first kappa shape index (κ1) is 3.40. The molecule has 74 valence electrons. The molecule has 0 saturated heterocycles. The van der Waals surface area contributed by atoms with Gasteiger partial charge in [-0.25, -0.2) is 0 Å². The van der Waals surface area contributed by atoms with Crippen molar-refractivity contribution in [1.82, 2.24) is 4.90 Å². The molecule has 1 aromatic carbocycles. The summed E-state index contributed by atoms with van der Waals surface area (Å²) in [6, 6.07) is -3.53. The fourth-order valence-corrected chi connectivity index (χ4v) is 0.944. The monoisotopic (exact) mass is 197 g/mol. The van der Waals surface area contributed by atoms with E-state index in [9.17, 15) is 0 Å². The summed E-state index contributed by atoms with van der Waals surface area (Å²) in [5.74, 6) is 1.78. The molecule has 0 aliphatic rings. The van der Waals surface area contributed by atoms with Crippen LogP contribution in [0, 0.1) is 12.3 Å². The van der Waals surface area contributed by atoms with Gasteiger partial charge in [-0.05, 0) is 25.9 Å². The van der Waals surface area contributed by atoms with Gasteiger partial charge in [0.2, 0.25) is 0 Å². The molecule has 0 spiro atoms. The first-order valence-electron chi connectivity index (χ1n) is 9.08. The molecule has 0 heterocycles. The van der Waals surface area contributed by atoms with E-state index in [0.717, 1.165) is 0 Å². The average Bonchev–Trinajstić information content (AvgIpc) is 2.46. The summed E-state index contributed by atoms with van der Waals surface area (Å²) < 4.78 is 76.4. The Labute approximate surface area is 101 Å². The number of rotatable bonds is 4. The van der Waals surface area contributed by atoms with E-state index in [-0.39, 0.29) is 12.0 Å². The van der Waals surface area contributed by atoms with E-state index in [1.807, 2.05) is 0 Å². The highest BCUT2D eigenvalue weighted by Gasteiger charge is 2.07. The van der Waals surface area contributed by atoms with Crippen LogP contribution >= 0.6 is 0 Å². The third-order valence-electron chi connectivity index (χ3n) is 1.68. The van der Waals surface area contributed by atoms with Crippen LogP contribution in [-0.2, 0) is 6.42 Å². The molecule has 1 heteroatoms. The minimum atomic E-state index is -2.86. The average molecular weight is 197 g/mol. The van der Waals surface area contributed by atoms with Gasteiger partial charge >= 0.3 is 0 Å². The zero-order chi connectivity index (χ0) is 19.0. The quantitative estimate of drug-likeness (QED) is 0.669. The molecule has 1 atom stereocenters. The molecule has 0 fully saturated rings. The molecule has 0 saturated carbocycles. The molecule has 1 rings (SSSR count). The summed E-state index contributed by atoms with van der Waals surface area (Å²) in [6.07, 6.45) is 4.82. The zero-order valence-electron chi connectivity index (χ0n) is 17.8. The lowest BCUT2D eigenvalue weighted by molar-refractivity contribution is 0.287. The largest absolute Gasteiger partial charge is 0.292 e. The molecule has 0 unspecified atom stereocenters. The lowest BCUT2D eigenvalue weighted by Gasteiger charge is -2.22. The van der Waals surface area contributed by atoms with Crippen molar-refractivity contribution in [3.63, 3.8) is 0 Å². The second-order valence-electron chi connectivity index (χ2n) is 2.78. The van der Waals surface area contributed by atoms with Gasteiger partial charge in [0.05, 0.1) is 16.1 Å². The van der Waals surface area contributed by atoms with Crippen LogP contribution in [0.4, 0.5) is 0 Å². The Kier molecular flexibility index (Phi) is 1.33. The summed E-state index contributed by atoms with van der Waals surface area (Å²) in [6.45, 7) is -4.07. The molecule has 0 amide bonds. The summed E-state index contributed by atoms with van der Waals surface area (Å²) in [4.78, 5) is 0.487. The molecule has 1 nitrogen and oxygen atoms in total. The van der Waals surface area contributed by atoms with E-state index in [0.29, 0.717) is 4.90 Å². The van der Waals surface area contributed by atoms with Crippen LogP contribution in [0.2, 0.25) is 0 Å². The van der Waals surface area contributed by atoms with Crippen LogP contribution in [0.15, 0.2) is 30.2 Å². The predicted molar refractivity (Wildman–Crippen MR) is 61.1 cm³/mol. The second-order valence-corrected chi connectivity index (χ2v) is 2.78. The van der Waals surface area contributed by atoms with Gasteiger partial charge in [0, 0.05) is 10.2 Å². The van der Waals surface area contributed by atoms with Gasteiger partial charge in [0.25, 0.3) is 0 Å². The van der Waals surface area contributed by atoms with Gasteiger partial charge in [-0.1, -0.05) is 36.1 Å². The highest BCUT2D eigenvalue weighted by atomic mass is 15.1. The predicted octanol–water partition coefficient (Wildman–Crippen LogP) is 2.18. The number of nitrogens with zero attached hydrogens (tertiary/aromatic N) is 1. The van der Waals surface area contributed by atoms with Gasteiger partial charge in [0.15, 0.2) is 0 Å². The summed E-state index contributed by atoms with van der Waals surface area (Å²) >= 11 is 0. The van der Waals surface area contributed by atoms with Crippen molar-refractivity contribution in [2.75, 3.05) is 13.5 Å². The smallest absolute Gasteiger partial charge is 0.0626 e. The van der Waals surface area contributed by atoms with Crippen molar-refractivity contribution >= 4 is 0 Å². The first-order chi connectivity index (χ1) is 10.8. The molecule has 1 aromatic rings. The third-order valence-corrected chi connectivity index (χ3v) is 1.68. The fourth-order valence-electron chi connectivity index (χ4n) is 0.944. The third kappa shape index (κ3) is 3.24. The SMILES string of the molecule is [2H]c1c([2H])c([2H])c(C[C@@H](C)N(C([2H])([2H])[2H])C([2H])([2H])C#C)c([2H])c1[2H]. The Morgan fingerprint density at radius 1 is 1.64 bits per heavy atom. The van der Waals surface area contributed by atoms with Gasteiger partial charge in [-0.15, -0.1) is 6.42 Å². The van der Waals surface area contributed by atoms with Crippen LogP contribution in [0.1, 0.15) is 26.2 Å². The molecule has 14 heavy (non-hydrogen) atoms. The van der Waals surface area contributed by atoms with E-state index >= 15 is 0 Å². The maximum atomic E-state index is 7.86. The first-order valence-corrected chi connectivity index (χ1v) is 4.08. The normalized spacial score (nSPS) is 24.6.